The van der Waals surface area contributed by atoms with Gasteiger partial charge in [0.05, 0.1) is 16.8 Å². The van der Waals surface area contributed by atoms with E-state index in [0.29, 0.717) is 6.54 Å². The average molecular weight is 349 g/mol. The number of hydrogen-bond acceptors (Lipinski definition) is 4. The Labute approximate surface area is 152 Å². The minimum absolute atomic E-state index is 0.0406. The Hall–Kier alpha value is -2.69. The van der Waals surface area contributed by atoms with E-state index in [1.54, 1.807) is 0 Å². The minimum atomic E-state index is -0.0406. The Bertz CT molecular complexity index is 985. The van der Waals surface area contributed by atoms with Gasteiger partial charge in [0.15, 0.2) is 0 Å². The second kappa shape index (κ2) is 6.56. The van der Waals surface area contributed by atoms with E-state index in [9.17, 15) is 4.79 Å². The molecule has 1 amide bonds. The number of aromatic nitrogens is 2. The summed E-state index contributed by atoms with van der Waals surface area (Å²) in [6, 6.07) is 6.14. The summed E-state index contributed by atoms with van der Waals surface area (Å²) in [4.78, 5) is 18.0. The molecule has 5 heteroatoms. The van der Waals surface area contributed by atoms with E-state index in [1.807, 2.05) is 26.8 Å². The summed E-state index contributed by atoms with van der Waals surface area (Å²) in [7, 11) is 0. The van der Waals surface area contributed by atoms with Crippen LogP contribution in [0.5, 0.6) is 0 Å². The van der Waals surface area contributed by atoms with Crippen LogP contribution in [0.4, 0.5) is 0 Å². The summed E-state index contributed by atoms with van der Waals surface area (Å²) in [5.74, 6) is 0.710. The van der Waals surface area contributed by atoms with Crippen LogP contribution in [0.3, 0.4) is 0 Å². The fourth-order valence-corrected chi connectivity index (χ4v) is 3.81. The van der Waals surface area contributed by atoms with Gasteiger partial charge in [-0.1, -0.05) is 16.8 Å². The number of hydrogen-bond donors (Lipinski definition) is 1. The van der Waals surface area contributed by atoms with E-state index in [2.05, 4.69) is 22.6 Å². The highest BCUT2D eigenvalue weighted by atomic mass is 16.5. The van der Waals surface area contributed by atoms with E-state index >= 15 is 0 Å². The van der Waals surface area contributed by atoms with Crippen LogP contribution in [0.2, 0.25) is 0 Å². The number of aryl methyl sites for hydroxylation is 4. The highest BCUT2D eigenvalue weighted by molar-refractivity contribution is 6.07. The molecular weight excluding hydrogens is 326 g/mol. The molecule has 1 aromatic carbocycles. The molecule has 0 fully saturated rings. The van der Waals surface area contributed by atoms with Crippen molar-refractivity contribution in [2.24, 2.45) is 0 Å². The van der Waals surface area contributed by atoms with Crippen LogP contribution in [0.25, 0.3) is 10.9 Å². The van der Waals surface area contributed by atoms with Crippen molar-refractivity contribution in [1.82, 2.24) is 15.5 Å². The van der Waals surface area contributed by atoms with Crippen molar-refractivity contribution in [3.63, 3.8) is 0 Å². The first-order valence-corrected chi connectivity index (χ1v) is 9.16. The predicted molar refractivity (Wildman–Crippen MR) is 100 cm³/mol. The molecule has 2 aromatic heterocycles. The topological polar surface area (TPSA) is 68.0 Å². The van der Waals surface area contributed by atoms with Gasteiger partial charge in [0, 0.05) is 23.2 Å². The number of rotatable bonds is 3. The van der Waals surface area contributed by atoms with E-state index in [4.69, 9.17) is 9.51 Å². The van der Waals surface area contributed by atoms with Gasteiger partial charge in [-0.3, -0.25) is 9.78 Å². The molecular formula is C21H23N3O2. The van der Waals surface area contributed by atoms with Gasteiger partial charge in [-0.2, -0.15) is 0 Å². The number of nitrogens with zero attached hydrogens (tertiary/aromatic N) is 2. The number of amides is 1. The minimum Gasteiger partial charge on any atom is -0.361 e. The van der Waals surface area contributed by atoms with Crippen molar-refractivity contribution in [3.05, 3.63) is 57.6 Å². The first kappa shape index (κ1) is 16.8. The molecule has 4 rings (SSSR count). The van der Waals surface area contributed by atoms with Crippen LogP contribution in [0, 0.1) is 20.8 Å². The maximum absolute atomic E-state index is 13.2. The highest BCUT2D eigenvalue weighted by Gasteiger charge is 2.23. The van der Waals surface area contributed by atoms with Gasteiger partial charge < -0.3 is 9.84 Å². The molecule has 1 N–H and O–H groups in total. The first-order valence-electron chi connectivity index (χ1n) is 9.16. The Morgan fingerprint density at radius 1 is 1.19 bits per heavy atom. The molecule has 0 aliphatic heterocycles. The zero-order valence-corrected chi connectivity index (χ0v) is 15.5. The summed E-state index contributed by atoms with van der Waals surface area (Å²) >= 11 is 0. The molecule has 0 spiro atoms. The monoisotopic (exact) mass is 349 g/mol. The average Bonchev–Trinajstić information content (AvgIpc) is 2.95. The Balaban J connectivity index is 1.76. The summed E-state index contributed by atoms with van der Waals surface area (Å²) in [6.45, 7) is 6.23. The largest absolute Gasteiger partial charge is 0.361 e. The number of carbonyl (C=O) groups is 1. The van der Waals surface area contributed by atoms with Crippen molar-refractivity contribution in [2.45, 2.75) is 53.0 Å². The van der Waals surface area contributed by atoms with Crippen molar-refractivity contribution >= 4 is 16.8 Å². The lowest BCUT2D eigenvalue weighted by Gasteiger charge is -2.20. The van der Waals surface area contributed by atoms with Gasteiger partial charge in [0.25, 0.3) is 5.91 Å². The number of nitrogens with one attached hydrogen (secondary N) is 1. The summed E-state index contributed by atoms with van der Waals surface area (Å²) in [6.07, 6.45) is 4.11. The standard InChI is InChI=1S/C21H23N3O2/c1-12-8-9-19-16(10-12)20(15-6-4-5-7-18(15)23-19)21(25)22-11-17-13(2)24-26-14(17)3/h8-10H,4-7,11H2,1-3H3,(H,22,25). The molecule has 0 saturated heterocycles. The maximum atomic E-state index is 13.2. The van der Waals surface area contributed by atoms with Crippen molar-refractivity contribution in [2.75, 3.05) is 0 Å². The lowest BCUT2D eigenvalue weighted by molar-refractivity contribution is 0.0951. The number of fused-ring (bicyclic) bond motifs is 2. The van der Waals surface area contributed by atoms with Gasteiger partial charge in [-0.15, -0.1) is 0 Å². The molecule has 0 unspecified atom stereocenters. The molecule has 3 aromatic rings. The van der Waals surface area contributed by atoms with E-state index in [1.165, 1.54) is 0 Å². The van der Waals surface area contributed by atoms with Crippen LogP contribution >= 0.6 is 0 Å². The third-order valence-electron chi connectivity index (χ3n) is 5.25. The zero-order chi connectivity index (χ0) is 18.3. The molecule has 1 aliphatic carbocycles. The van der Waals surface area contributed by atoms with E-state index in [0.717, 1.165) is 76.0 Å². The Morgan fingerprint density at radius 3 is 2.77 bits per heavy atom. The maximum Gasteiger partial charge on any atom is 0.252 e. The van der Waals surface area contributed by atoms with Crippen molar-refractivity contribution in [3.8, 4) is 0 Å². The smallest absolute Gasteiger partial charge is 0.252 e. The van der Waals surface area contributed by atoms with Crippen molar-refractivity contribution in [1.29, 1.82) is 0 Å². The second-order valence-corrected chi connectivity index (χ2v) is 7.13. The molecule has 0 saturated carbocycles. The number of benzene rings is 1. The van der Waals surface area contributed by atoms with Crippen LogP contribution in [0.1, 0.15) is 57.0 Å². The molecule has 0 bridgehead atoms. The third-order valence-corrected chi connectivity index (χ3v) is 5.25. The van der Waals surface area contributed by atoms with E-state index in [-0.39, 0.29) is 5.91 Å². The molecule has 5 nitrogen and oxygen atoms in total. The van der Waals surface area contributed by atoms with E-state index < -0.39 is 0 Å². The Kier molecular flexibility index (Phi) is 4.23. The summed E-state index contributed by atoms with van der Waals surface area (Å²) < 4.78 is 5.20. The third kappa shape index (κ3) is 2.87. The molecule has 2 heterocycles. The highest BCUT2D eigenvalue weighted by Crippen LogP contribution is 2.30. The number of pyridine rings is 1. The second-order valence-electron chi connectivity index (χ2n) is 7.13. The van der Waals surface area contributed by atoms with Crippen LogP contribution in [-0.4, -0.2) is 16.0 Å². The molecule has 134 valence electrons. The molecule has 1 aliphatic rings. The predicted octanol–water partition coefficient (Wildman–Crippen LogP) is 3.96. The summed E-state index contributed by atoms with van der Waals surface area (Å²) in [5.41, 5.74) is 6.79. The van der Waals surface area contributed by atoms with Crippen LogP contribution < -0.4 is 5.32 Å². The van der Waals surface area contributed by atoms with Crippen LogP contribution in [0.15, 0.2) is 22.7 Å². The quantitative estimate of drug-likeness (QED) is 0.777. The SMILES string of the molecule is Cc1ccc2nc3c(c(C(=O)NCc4c(C)noc4C)c2c1)CCCC3. The fourth-order valence-electron chi connectivity index (χ4n) is 3.81. The molecule has 26 heavy (non-hydrogen) atoms. The van der Waals surface area contributed by atoms with Gasteiger partial charge >= 0.3 is 0 Å². The lowest BCUT2D eigenvalue weighted by Crippen LogP contribution is -2.26. The summed E-state index contributed by atoms with van der Waals surface area (Å²) in [5, 5.41) is 7.99. The van der Waals surface area contributed by atoms with Crippen molar-refractivity contribution < 1.29 is 9.32 Å². The number of carbonyl (C=O) groups excluding carboxylic acids is 1. The van der Waals surface area contributed by atoms with Gasteiger partial charge in [0.2, 0.25) is 0 Å². The molecule has 0 radical (unpaired) electrons. The van der Waals surface area contributed by atoms with Crippen LogP contribution in [-0.2, 0) is 19.4 Å². The first-order chi connectivity index (χ1) is 12.5. The fraction of sp³-hybridized carbons (Fsp3) is 0.381. The Morgan fingerprint density at radius 2 is 2.00 bits per heavy atom. The van der Waals surface area contributed by atoms with Gasteiger partial charge in [0.1, 0.15) is 5.76 Å². The normalized spacial score (nSPS) is 13.7. The lowest BCUT2D eigenvalue weighted by atomic mass is 9.89. The van der Waals surface area contributed by atoms with Gasteiger partial charge in [-0.05, 0) is 64.2 Å². The zero-order valence-electron chi connectivity index (χ0n) is 15.5. The van der Waals surface area contributed by atoms with Gasteiger partial charge in [-0.25, -0.2) is 0 Å². The molecule has 0 atom stereocenters.